The number of anilines is 1. The largest absolute Gasteiger partial charge is 0.495 e. The molecule has 0 heterocycles. The third kappa shape index (κ3) is 3.11. The molecular formula is C9H10ClNO4S. The van der Waals surface area contributed by atoms with Crippen molar-refractivity contribution in [2.45, 2.75) is 11.8 Å². The van der Waals surface area contributed by atoms with Crippen molar-refractivity contribution >= 4 is 31.3 Å². The number of rotatable bonds is 3. The van der Waals surface area contributed by atoms with Gasteiger partial charge in [0.15, 0.2) is 0 Å². The lowest BCUT2D eigenvalue weighted by molar-refractivity contribution is -0.114. The third-order valence-electron chi connectivity index (χ3n) is 1.77. The van der Waals surface area contributed by atoms with Crippen LogP contribution in [0, 0.1) is 0 Å². The van der Waals surface area contributed by atoms with Crippen molar-refractivity contribution in [3.8, 4) is 5.75 Å². The maximum atomic E-state index is 11.1. The highest BCUT2D eigenvalue weighted by Crippen LogP contribution is 2.28. The Hall–Kier alpha value is -1.27. The molecule has 0 radical (unpaired) electrons. The van der Waals surface area contributed by atoms with E-state index in [1.807, 2.05) is 0 Å². The Labute approximate surface area is 97.8 Å². The van der Waals surface area contributed by atoms with Gasteiger partial charge in [-0.3, -0.25) is 4.79 Å². The van der Waals surface area contributed by atoms with Gasteiger partial charge < -0.3 is 10.1 Å². The fourth-order valence-electron chi connectivity index (χ4n) is 1.12. The predicted octanol–water partition coefficient (Wildman–Crippen LogP) is 1.58. The van der Waals surface area contributed by atoms with E-state index in [2.05, 4.69) is 5.32 Å². The minimum Gasteiger partial charge on any atom is -0.495 e. The van der Waals surface area contributed by atoms with Gasteiger partial charge in [0.25, 0.3) is 9.05 Å². The molecule has 0 aliphatic heterocycles. The first-order chi connectivity index (χ1) is 7.34. The first kappa shape index (κ1) is 12.8. The molecule has 0 saturated carbocycles. The number of benzene rings is 1. The molecule has 1 aromatic carbocycles. The van der Waals surface area contributed by atoms with E-state index in [9.17, 15) is 13.2 Å². The Morgan fingerprint density at radius 3 is 2.50 bits per heavy atom. The van der Waals surface area contributed by atoms with Crippen LogP contribution in [0.5, 0.6) is 5.75 Å². The van der Waals surface area contributed by atoms with Gasteiger partial charge in [0, 0.05) is 23.7 Å². The zero-order valence-electron chi connectivity index (χ0n) is 8.65. The molecular weight excluding hydrogens is 254 g/mol. The quantitative estimate of drug-likeness (QED) is 0.841. The molecule has 88 valence electrons. The third-order valence-corrected chi connectivity index (χ3v) is 3.12. The number of amides is 1. The van der Waals surface area contributed by atoms with Gasteiger partial charge in [0.05, 0.1) is 17.7 Å². The van der Waals surface area contributed by atoms with Gasteiger partial charge in [-0.1, -0.05) is 0 Å². The fourth-order valence-corrected chi connectivity index (χ4v) is 1.88. The molecule has 0 unspecified atom stereocenters. The molecule has 0 aliphatic rings. The molecule has 1 aromatic rings. The van der Waals surface area contributed by atoms with Gasteiger partial charge in [-0.05, 0) is 12.1 Å². The highest BCUT2D eigenvalue weighted by atomic mass is 35.7. The monoisotopic (exact) mass is 263 g/mol. The number of hydrogen-bond donors (Lipinski definition) is 1. The average Bonchev–Trinajstić information content (AvgIpc) is 2.15. The zero-order chi connectivity index (χ0) is 12.3. The topological polar surface area (TPSA) is 72.5 Å². The molecule has 1 N–H and O–H groups in total. The van der Waals surface area contributed by atoms with Crippen LogP contribution in [0.4, 0.5) is 5.69 Å². The normalized spacial score (nSPS) is 10.9. The molecule has 0 bridgehead atoms. The van der Waals surface area contributed by atoms with E-state index in [0.717, 1.165) is 0 Å². The summed E-state index contributed by atoms with van der Waals surface area (Å²) in [6, 6.07) is 3.94. The maximum Gasteiger partial charge on any atom is 0.261 e. The van der Waals surface area contributed by atoms with Crippen molar-refractivity contribution in [2.75, 3.05) is 12.4 Å². The van der Waals surface area contributed by atoms with Crippen molar-refractivity contribution in [3.63, 3.8) is 0 Å². The van der Waals surface area contributed by atoms with Gasteiger partial charge in [0.1, 0.15) is 5.75 Å². The lowest BCUT2D eigenvalue weighted by Crippen LogP contribution is -2.07. The van der Waals surface area contributed by atoms with E-state index in [0.29, 0.717) is 5.69 Å². The number of carbonyl (C=O) groups is 1. The van der Waals surface area contributed by atoms with Crippen LogP contribution in [0.15, 0.2) is 23.1 Å². The van der Waals surface area contributed by atoms with Crippen molar-refractivity contribution in [1.29, 1.82) is 0 Å². The lowest BCUT2D eigenvalue weighted by Gasteiger charge is -2.09. The van der Waals surface area contributed by atoms with E-state index in [-0.39, 0.29) is 16.6 Å². The number of nitrogens with one attached hydrogen (secondary N) is 1. The Morgan fingerprint density at radius 1 is 1.44 bits per heavy atom. The molecule has 0 saturated heterocycles. The summed E-state index contributed by atoms with van der Waals surface area (Å²) < 4.78 is 27.1. The second kappa shape index (κ2) is 4.71. The smallest absolute Gasteiger partial charge is 0.261 e. The maximum absolute atomic E-state index is 11.1. The summed E-state index contributed by atoms with van der Waals surface area (Å²) in [5.74, 6) is -0.0447. The van der Waals surface area contributed by atoms with Crippen LogP contribution in [0.1, 0.15) is 6.92 Å². The molecule has 7 heteroatoms. The summed E-state index contributed by atoms with van der Waals surface area (Å²) in [7, 11) is 2.74. The van der Waals surface area contributed by atoms with Gasteiger partial charge in [-0.2, -0.15) is 0 Å². The first-order valence-electron chi connectivity index (χ1n) is 4.25. The van der Waals surface area contributed by atoms with Crippen molar-refractivity contribution in [3.05, 3.63) is 18.2 Å². The van der Waals surface area contributed by atoms with Crippen molar-refractivity contribution in [2.24, 2.45) is 0 Å². The zero-order valence-corrected chi connectivity index (χ0v) is 10.2. The predicted molar refractivity (Wildman–Crippen MR) is 60.3 cm³/mol. The van der Waals surface area contributed by atoms with Crippen LogP contribution in [0.2, 0.25) is 0 Å². The van der Waals surface area contributed by atoms with E-state index < -0.39 is 9.05 Å². The first-order valence-corrected chi connectivity index (χ1v) is 6.56. The van der Waals surface area contributed by atoms with E-state index in [4.69, 9.17) is 15.4 Å². The molecule has 0 aliphatic carbocycles. The summed E-state index contributed by atoms with van der Waals surface area (Å²) >= 11 is 0. The molecule has 0 spiro atoms. The molecule has 0 aromatic heterocycles. The minimum absolute atomic E-state index is 0.0832. The number of halogens is 1. The van der Waals surface area contributed by atoms with E-state index in [1.165, 1.54) is 32.2 Å². The number of carbonyl (C=O) groups excluding carboxylic acids is 1. The molecule has 1 amide bonds. The number of hydrogen-bond acceptors (Lipinski definition) is 4. The van der Waals surface area contributed by atoms with Crippen LogP contribution in [0.3, 0.4) is 0 Å². The van der Waals surface area contributed by atoms with Crippen LogP contribution >= 0.6 is 10.7 Å². The van der Waals surface area contributed by atoms with Crippen LogP contribution in [-0.4, -0.2) is 21.4 Å². The highest BCUT2D eigenvalue weighted by Gasteiger charge is 2.13. The Morgan fingerprint density at radius 2 is 2.06 bits per heavy atom. The number of methoxy groups -OCH3 is 1. The second-order valence-electron chi connectivity index (χ2n) is 2.98. The highest BCUT2D eigenvalue weighted by molar-refractivity contribution is 8.13. The summed E-state index contributed by atoms with van der Waals surface area (Å²) in [5, 5.41) is 2.50. The van der Waals surface area contributed by atoms with Crippen LogP contribution in [-0.2, 0) is 13.8 Å². The minimum atomic E-state index is -3.80. The number of ether oxygens (including phenoxy) is 1. The van der Waals surface area contributed by atoms with E-state index in [1.54, 1.807) is 0 Å². The van der Waals surface area contributed by atoms with Gasteiger partial charge in [0.2, 0.25) is 5.91 Å². The van der Waals surface area contributed by atoms with Crippen LogP contribution in [0.25, 0.3) is 0 Å². The SMILES string of the molecule is COc1cc(S(=O)(=O)Cl)ccc1NC(C)=O. The summed E-state index contributed by atoms with van der Waals surface area (Å²) in [4.78, 5) is 10.8. The van der Waals surface area contributed by atoms with Gasteiger partial charge >= 0.3 is 0 Å². The summed E-state index contributed by atoms with van der Waals surface area (Å²) in [6.07, 6.45) is 0. The van der Waals surface area contributed by atoms with Gasteiger partial charge in [-0.15, -0.1) is 0 Å². The Kier molecular flexibility index (Phi) is 3.77. The molecule has 0 fully saturated rings. The van der Waals surface area contributed by atoms with E-state index >= 15 is 0 Å². The molecule has 5 nitrogen and oxygen atoms in total. The van der Waals surface area contributed by atoms with Crippen molar-refractivity contribution in [1.82, 2.24) is 0 Å². The summed E-state index contributed by atoms with van der Waals surface area (Å²) in [5.41, 5.74) is 0.388. The molecule has 16 heavy (non-hydrogen) atoms. The molecule has 1 rings (SSSR count). The fraction of sp³-hybridized carbons (Fsp3) is 0.222. The van der Waals surface area contributed by atoms with Crippen molar-refractivity contribution < 1.29 is 17.9 Å². The second-order valence-corrected chi connectivity index (χ2v) is 5.55. The standard InChI is InChI=1S/C9H10ClNO4S/c1-6(12)11-8-4-3-7(16(10,13)14)5-9(8)15-2/h3-5H,1-2H3,(H,11,12). The summed E-state index contributed by atoms with van der Waals surface area (Å²) in [6.45, 7) is 1.34. The average molecular weight is 264 g/mol. The molecule has 0 atom stereocenters. The van der Waals surface area contributed by atoms with Gasteiger partial charge in [-0.25, -0.2) is 8.42 Å². The van der Waals surface area contributed by atoms with Crippen LogP contribution < -0.4 is 10.1 Å². The Balaban J connectivity index is 3.22. The lowest BCUT2D eigenvalue weighted by atomic mass is 10.3. The Bertz CT molecular complexity index is 512.